The Morgan fingerprint density at radius 1 is 0.967 bits per heavy atom. The van der Waals surface area contributed by atoms with E-state index in [1.807, 2.05) is 0 Å². The van der Waals surface area contributed by atoms with E-state index < -0.39 is 0 Å². The summed E-state index contributed by atoms with van der Waals surface area (Å²) in [4.78, 5) is 0. The molecule has 0 saturated heterocycles. The molecule has 0 aliphatic heterocycles. The normalized spacial score (nSPS) is 48.9. The fraction of sp³-hybridized carbons (Fsp3) is 0.929. The molecule has 0 amide bonds. The smallest absolute Gasteiger partial charge is 0.0546 e. The van der Waals surface area contributed by atoms with E-state index in [2.05, 4.69) is 46.8 Å². The zero-order chi connectivity index (χ0) is 21.7. The summed E-state index contributed by atoms with van der Waals surface area (Å²) in [5.74, 6) is 4.04. The lowest BCUT2D eigenvalue weighted by Crippen LogP contribution is -2.58. The van der Waals surface area contributed by atoms with Gasteiger partial charge in [0.25, 0.3) is 0 Å². The van der Waals surface area contributed by atoms with Gasteiger partial charge in [-0.25, -0.2) is 0 Å². The molecule has 0 radical (unpaired) electrons. The Morgan fingerprint density at radius 2 is 1.73 bits per heavy atom. The van der Waals surface area contributed by atoms with Gasteiger partial charge in [0.15, 0.2) is 0 Å². The minimum absolute atomic E-state index is 0.0629. The summed E-state index contributed by atoms with van der Waals surface area (Å²) < 4.78 is 0. The number of allylic oxidation sites excluding steroid dienone is 2. The van der Waals surface area contributed by atoms with Gasteiger partial charge >= 0.3 is 0 Å². The number of rotatable bonds is 6. The molecule has 0 bridgehead atoms. The van der Waals surface area contributed by atoms with E-state index in [1.165, 1.54) is 44.9 Å². The van der Waals surface area contributed by atoms with Crippen molar-refractivity contribution in [3.8, 4) is 0 Å². The van der Waals surface area contributed by atoms with Crippen molar-refractivity contribution >= 4 is 0 Å². The van der Waals surface area contributed by atoms with Gasteiger partial charge in [0.1, 0.15) is 0 Å². The van der Waals surface area contributed by atoms with Gasteiger partial charge in [-0.1, -0.05) is 66.0 Å². The Labute approximate surface area is 185 Å². The first kappa shape index (κ1) is 22.8. The summed E-state index contributed by atoms with van der Waals surface area (Å²) in [6.45, 7) is 12.6. The lowest BCUT2D eigenvalue weighted by atomic mass is 9.41. The van der Waals surface area contributed by atoms with Crippen LogP contribution in [0.15, 0.2) is 12.2 Å². The predicted molar refractivity (Wildman–Crippen MR) is 125 cm³/mol. The van der Waals surface area contributed by atoms with Crippen LogP contribution in [0.4, 0.5) is 0 Å². The highest BCUT2D eigenvalue weighted by molar-refractivity contribution is 5.22. The Morgan fingerprint density at radius 3 is 2.43 bits per heavy atom. The van der Waals surface area contributed by atoms with Gasteiger partial charge in [0.05, 0.1) is 6.10 Å². The summed E-state index contributed by atoms with van der Waals surface area (Å²) in [6.07, 6.45) is 17.1. The van der Waals surface area contributed by atoms with E-state index in [9.17, 15) is 10.2 Å². The molecule has 4 aliphatic carbocycles. The summed E-state index contributed by atoms with van der Waals surface area (Å²) in [5.41, 5.74) is 0.637. The molecule has 0 aromatic heterocycles. The van der Waals surface area contributed by atoms with Crippen molar-refractivity contribution in [2.24, 2.45) is 51.8 Å². The Balaban J connectivity index is 1.59. The summed E-state index contributed by atoms with van der Waals surface area (Å²) in [7, 11) is 0. The molecule has 30 heavy (non-hydrogen) atoms. The zero-order valence-corrected chi connectivity index (χ0v) is 20.4. The number of fused-ring (bicyclic) bond motifs is 5. The summed E-state index contributed by atoms with van der Waals surface area (Å²) >= 11 is 0. The van der Waals surface area contributed by atoms with Crippen LogP contribution in [-0.2, 0) is 0 Å². The molecule has 4 aliphatic rings. The largest absolute Gasteiger partial charge is 0.396 e. The standard InChI is InChI=1S/C28H48O2/c1-19(2)7-6-8-20(3)23-13-16-28(18-29)25-10-9-21-17-22(30)11-14-26(21,4)24(25)12-15-27(23,28)5/h9-10,19-25,29-30H,6-8,11-18H2,1-5H3/t20-,21+,22+,23-,24+,25-,26+,27-,28?/m1/s1. The Bertz CT molecular complexity index is 641. The second-order valence-electron chi connectivity index (χ2n) is 12.8. The first-order valence-corrected chi connectivity index (χ1v) is 13.1. The van der Waals surface area contributed by atoms with Crippen molar-refractivity contribution in [3.05, 3.63) is 12.2 Å². The molecular weight excluding hydrogens is 368 g/mol. The molecule has 3 fully saturated rings. The third-order valence-corrected chi connectivity index (χ3v) is 11.1. The highest BCUT2D eigenvalue weighted by Gasteiger charge is 2.66. The monoisotopic (exact) mass is 416 g/mol. The van der Waals surface area contributed by atoms with Crippen LogP contribution in [0.1, 0.15) is 98.8 Å². The van der Waals surface area contributed by atoms with E-state index in [0.717, 1.165) is 37.0 Å². The van der Waals surface area contributed by atoms with Crippen molar-refractivity contribution in [2.75, 3.05) is 6.61 Å². The maximum atomic E-state index is 11.0. The molecule has 2 N–H and O–H groups in total. The maximum Gasteiger partial charge on any atom is 0.0546 e. The molecule has 0 spiro atoms. The van der Waals surface area contributed by atoms with Crippen molar-refractivity contribution in [1.29, 1.82) is 0 Å². The predicted octanol–water partition coefficient (Wildman–Crippen LogP) is 6.61. The van der Waals surface area contributed by atoms with Crippen LogP contribution in [0.2, 0.25) is 0 Å². The average Bonchev–Trinajstić information content (AvgIpc) is 3.01. The zero-order valence-electron chi connectivity index (χ0n) is 20.4. The van der Waals surface area contributed by atoms with Gasteiger partial charge in [-0.3, -0.25) is 0 Å². The minimum Gasteiger partial charge on any atom is -0.396 e. The molecule has 9 atom stereocenters. The molecule has 3 saturated carbocycles. The topological polar surface area (TPSA) is 40.5 Å². The first-order chi connectivity index (χ1) is 14.2. The highest BCUT2D eigenvalue weighted by atomic mass is 16.3. The number of hydrogen-bond donors (Lipinski definition) is 2. The number of aliphatic hydroxyl groups is 2. The van der Waals surface area contributed by atoms with E-state index >= 15 is 0 Å². The quantitative estimate of drug-likeness (QED) is 0.478. The lowest BCUT2D eigenvalue weighted by molar-refractivity contribution is -0.147. The Kier molecular flexibility index (Phi) is 6.26. The van der Waals surface area contributed by atoms with Crippen molar-refractivity contribution in [2.45, 2.75) is 105 Å². The van der Waals surface area contributed by atoms with E-state index in [0.29, 0.717) is 29.8 Å². The Hall–Kier alpha value is -0.340. The maximum absolute atomic E-state index is 11.0. The van der Waals surface area contributed by atoms with Crippen LogP contribution in [0.3, 0.4) is 0 Å². The molecular formula is C28H48O2. The first-order valence-electron chi connectivity index (χ1n) is 13.1. The fourth-order valence-electron chi connectivity index (χ4n) is 9.13. The van der Waals surface area contributed by atoms with Crippen LogP contribution in [0.5, 0.6) is 0 Å². The second-order valence-corrected chi connectivity index (χ2v) is 12.8. The van der Waals surface area contributed by atoms with Crippen LogP contribution in [-0.4, -0.2) is 22.9 Å². The van der Waals surface area contributed by atoms with Gasteiger partial charge in [-0.2, -0.15) is 0 Å². The van der Waals surface area contributed by atoms with Crippen LogP contribution >= 0.6 is 0 Å². The number of hydrogen-bond acceptors (Lipinski definition) is 2. The van der Waals surface area contributed by atoms with Crippen molar-refractivity contribution in [1.82, 2.24) is 0 Å². The van der Waals surface area contributed by atoms with Crippen molar-refractivity contribution < 1.29 is 10.2 Å². The summed E-state index contributed by atoms with van der Waals surface area (Å²) in [6, 6.07) is 0. The molecule has 4 rings (SSSR count). The lowest BCUT2D eigenvalue weighted by Gasteiger charge is -2.63. The van der Waals surface area contributed by atoms with E-state index in [1.54, 1.807) is 0 Å². The minimum atomic E-state index is -0.118. The van der Waals surface area contributed by atoms with Gasteiger partial charge in [0.2, 0.25) is 0 Å². The number of aliphatic hydroxyl groups excluding tert-OH is 2. The van der Waals surface area contributed by atoms with E-state index in [4.69, 9.17) is 0 Å². The van der Waals surface area contributed by atoms with Gasteiger partial charge in [0, 0.05) is 12.0 Å². The molecule has 2 heteroatoms. The average molecular weight is 417 g/mol. The van der Waals surface area contributed by atoms with Crippen LogP contribution in [0, 0.1) is 51.8 Å². The second kappa shape index (κ2) is 8.22. The van der Waals surface area contributed by atoms with Crippen LogP contribution < -0.4 is 0 Å². The highest BCUT2D eigenvalue weighted by Crippen LogP contribution is 2.72. The SMILES string of the molecule is CC(C)CCC[C@@H](C)[C@H]1CCC2(CO)[C@@H]3C=C[C@H]4C[C@@H](O)CC[C@]4(C)[C@H]3CC[C@]12C. The fourth-order valence-corrected chi connectivity index (χ4v) is 9.13. The third kappa shape index (κ3) is 3.35. The molecule has 2 nitrogen and oxygen atoms in total. The van der Waals surface area contributed by atoms with Gasteiger partial charge in [-0.15, -0.1) is 0 Å². The third-order valence-electron chi connectivity index (χ3n) is 11.1. The van der Waals surface area contributed by atoms with E-state index in [-0.39, 0.29) is 16.9 Å². The molecule has 0 aromatic carbocycles. The van der Waals surface area contributed by atoms with Crippen molar-refractivity contribution in [3.63, 3.8) is 0 Å². The molecule has 0 heterocycles. The molecule has 172 valence electrons. The molecule has 0 aromatic rings. The van der Waals surface area contributed by atoms with Gasteiger partial charge < -0.3 is 10.2 Å². The summed E-state index contributed by atoms with van der Waals surface area (Å²) in [5, 5.41) is 21.2. The molecule has 1 unspecified atom stereocenters. The van der Waals surface area contributed by atoms with Crippen LogP contribution in [0.25, 0.3) is 0 Å². The van der Waals surface area contributed by atoms with Gasteiger partial charge in [-0.05, 0) is 91.3 Å².